The number of rotatable bonds is 3. The number of allylic oxidation sites excluding steroid dienone is 4. The van der Waals surface area contributed by atoms with Gasteiger partial charge >= 0.3 is 0 Å². The van der Waals surface area contributed by atoms with Crippen molar-refractivity contribution in [1.82, 2.24) is 0 Å². The fraction of sp³-hybridized carbons (Fsp3) is 0.462. The van der Waals surface area contributed by atoms with Crippen LogP contribution < -0.4 is 0 Å². The molecule has 16 heavy (non-hydrogen) atoms. The molecule has 0 aromatic heterocycles. The Morgan fingerprint density at radius 3 is 2.94 bits per heavy atom. The van der Waals surface area contributed by atoms with Gasteiger partial charge in [0.15, 0.2) is 0 Å². The van der Waals surface area contributed by atoms with Crippen LogP contribution in [-0.2, 0) is 0 Å². The van der Waals surface area contributed by atoms with Gasteiger partial charge in [-0.3, -0.25) is 4.99 Å². The fourth-order valence-electron chi connectivity index (χ4n) is 1.99. The highest BCUT2D eigenvalue weighted by Gasteiger charge is 2.20. The van der Waals surface area contributed by atoms with Crippen LogP contribution in [0.5, 0.6) is 0 Å². The van der Waals surface area contributed by atoms with Gasteiger partial charge in [-0.15, -0.1) is 0 Å². The van der Waals surface area contributed by atoms with Gasteiger partial charge in [-0.25, -0.2) is 0 Å². The van der Waals surface area contributed by atoms with Crippen molar-refractivity contribution in [3.63, 3.8) is 0 Å². The summed E-state index contributed by atoms with van der Waals surface area (Å²) in [5.41, 5.74) is 1.01. The van der Waals surface area contributed by atoms with Crippen LogP contribution in [0.2, 0.25) is 0 Å². The summed E-state index contributed by atoms with van der Waals surface area (Å²) in [5.74, 6) is 0.165. The van der Waals surface area contributed by atoms with Crippen LogP contribution >= 0.6 is 0 Å². The molecule has 3 nitrogen and oxygen atoms in total. The molecule has 0 spiro atoms. The Labute approximate surface area is 95.6 Å². The Morgan fingerprint density at radius 2 is 2.19 bits per heavy atom. The van der Waals surface area contributed by atoms with Crippen LogP contribution in [-0.4, -0.2) is 12.3 Å². The minimum Gasteiger partial charge on any atom is -0.261 e. The Kier molecular flexibility index (Phi) is 3.81. The second kappa shape index (κ2) is 5.54. The van der Waals surface area contributed by atoms with E-state index in [1.807, 2.05) is 24.4 Å². The lowest BCUT2D eigenvalue weighted by Crippen LogP contribution is -2.20. The molecule has 0 amide bonds. The smallest absolute Gasteiger partial charge is 0.118 e. The van der Waals surface area contributed by atoms with Crippen LogP contribution in [0.1, 0.15) is 25.7 Å². The van der Waals surface area contributed by atoms with Gasteiger partial charge in [-0.05, 0) is 31.8 Å². The molecule has 3 heteroatoms. The highest BCUT2D eigenvalue weighted by atomic mass is 16.3. The third kappa shape index (κ3) is 2.75. The zero-order valence-electron chi connectivity index (χ0n) is 9.25. The molecule has 0 fully saturated rings. The lowest BCUT2D eigenvalue weighted by Gasteiger charge is -2.17. The van der Waals surface area contributed by atoms with Gasteiger partial charge < -0.3 is 0 Å². The molecule has 2 atom stereocenters. The van der Waals surface area contributed by atoms with E-state index in [1.165, 1.54) is 0 Å². The van der Waals surface area contributed by atoms with E-state index in [-0.39, 0.29) is 12.0 Å². The normalized spacial score (nSPS) is 29.4. The quantitative estimate of drug-likeness (QED) is 0.405. The van der Waals surface area contributed by atoms with Crippen molar-refractivity contribution in [2.45, 2.75) is 31.7 Å². The molecule has 2 rings (SSSR count). The monoisotopic (exact) mass is 216 g/mol. The fourth-order valence-corrected chi connectivity index (χ4v) is 1.99. The van der Waals surface area contributed by atoms with Crippen molar-refractivity contribution in [1.29, 1.82) is 0 Å². The van der Waals surface area contributed by atoms with Crippen LogP contribution in [0, 0.1) is 10.8 Å². The van der Waals surface area contributed by atoms with E-state index in [2.05, 4.69) is 22.3 Å². The number of aliphatic imine (C=N–C) groups is 1. The van der Waals surface area contributed by atoms with Gasteiger partial charge in [-0.2, -0.15) is 4.91 Å². The molecule has 0 aromatic carbocycles. The standard InChI is InChI=1S/C13H16N2O/c16-15-13-9-5-4-6-11(13)10-14-12-7-2-1-3-8-12/h2,5,7-11,13H,1,3-4,6H2. The zero-order chi connectivity index (χ0) is 11.2. The highest BCUT2D eigenvalue weighted by molar-refractivity contribution is 5.65. The molecule has 2 aliphatic rings. The van der Waals surface area contributed by atoms with Crippen molar-refractivity contribution < 1.29 is 0 Å². The van der Waals surface area contributed by atoms with Gasteiger partial charge in [0.05, 0.1) is 5.70 Å². The van der Waals surface area contributed by atoms with E-state index in [4.69, 9.17) is 0 Å². The molecule has 0 heterocycles. The van der Waals surface area contributed by atoms with E-state index in [9.17, 15) is 4.91 Å². The average molecular weight is 216 g/mol. The first-order valence-electron chi connectivity index (χ1n) is 5.80. The second-order valence-electron chi connectivity index (χ2n) is 4.15. The molecule has 0 aromatic rings. The molecular weight excluding hydrogens is 200 g/mol. The molecule has 0 aliphatic heterocycles. The minimum atomic E-state index is -0.231. The van der Waals surface area contributed by atoms with Crippen LogP contribution in [0.4, 0.5) is 0 Å². The second-order valence-corrected chi connectivity index (χ2v) is 4.15. The molecule has 0 bridgehead atoms. The van der Waals surface area contributed by atoms with Gasteiger partial charge in [-0.1, -0.05) is 29.5 Å². The highest BCUT2D eigenvalue weighted by Crippen LogP contribution is 2.20. The zero-order valence-corrected chi connectivity index (χ0v) is 9.25. The summed E-state index contributed by atoms with van der Waals surface area (Å²) >= 11 is 0. The third-order valence-corrected chi connectivity index (χ3v) is 2.95. The first-order chi connectivity index (χ1) is 7.90. The predicted octanol–water partition coefficient (Wildman–Crippen LogP) is 3.39. The first kappa shape index (κ1) is 11.0. The van der Waals surface area contributed by atoms with Crippen molar-refractivity contribution >= 4 is 6.21 Å². The van der Waals surface area contributed by atoms with Gasteiger partial charge in [0.25, 0.3) is 0 Å². The summed E-state index contributed by atoms with van der Waals surface area (Å²) in [6.45, 7) is 0. The maximum atomic E-state index is 10.6. The van der Waals surface area contributed by atoms with E-state index < -0.39 is 0 Å². The molecule has 84 valence electrons. The number of hydrogen-bond donors (Lipinski definition) is 0. The Bertz CT molecular complexity index is 366. The van der Waals surface area contributed by atoms with E-state index in [1.54, 1.807) is 0 Å². The third-order valence-electron chi connectivity index (χ3n) is 2.95. The van der Waals surface area contributed by atoms with Crippen molar-refractivity contribution in [3.05, 3.63) is 41.0 Å². The molecule has 2 unspecified atom stereocenters. The topological polar surface area (TPSA) is 41.8 Å². The number of nitrogens with zero attached hydrogens (tertiary/aromatic N) is 2. The largest absolute Gasteiger partial charge is 0.261 e. The van der Waals surface area contributed by atoms with E-state index in [0.717, 1.165) is 31.4 Å². The van der Waals surface area contributed by atoms with Crippen molar-refractivity contribution in [2.24, 2.45) is 16.1 Å². The summed E-state index contributed by atoms with van der Waals surface area (Å²) in [4.78, 5) is 15.1. The van der Waals surface area contributed by atoms with Gasteiger partial charge in [0.2, 0.25) is 0 Å². The molecule has 0 N–H and O–H groups in total. The Balaban J connectivity index is 2.00. The number of nitroso groups, excluding NO2 is 1. The average Bonchev–Trinajstić information content (AvgIpc) is 2.38. The SMILES string of the molecule is O=NC1C=CCCC1C=NC1=CCCC=C1. The Morgan fingerprint density at radius 1 is 1.25 bits per heavy atom. The summed E-state index contributed by atoms with van der Waals surface area (Å²) < 4.78 is 0. The van der Waals surface area contributed by atoms with Crippen molar-refractivity contribution in [3.8, 4) is 0 Å². The molecular formula is C13H16N2O. The van der Waals surface area contributed by atoms with Crippen LogP contribution in [0.3, 0.4) is 0 Å². The maximum absolute atomic E-state index is 10.6. The first-order valence-corrected chi connectivity index (χ1v) is 5.80. The summed E-state index contributed by atoms with van der Waals surface area (Å²) in [6.07, 6.45) is 16.2. The minimum absolute atomic E-state index is 0.165. The molecule has 0 saturated carbocycles. The predicted molar refractivity (Wildman–Crippen MR) is 66.4 cm³/mol. The van der Waals surface area contributed by atoms with Gasteiger partial charge in [0.1, 0.15) is 6.04 Å². The van der Waals surface area contributed by atoms with Crippen LogP contribution in [0.15, 0.2) is 46.2 Å². The lowest BCUT2D eigenvalue weighted by atomic mass is 9.91. The molecule has 0 radical (unpaired) electrons. The van der Waals surface area contributed by atoms with Gasteiger partial charge in [0, 0.05) is 12.1 Å². The molecule has 0 saturated heterocycles. The lowest BCUT2D eigenvalue weighted by molar-refractivity contribution is 0.553. The van der Waals surface area contributed by atoms with E-state index >= 15 is 0 Å². The van der Waals surface area contributed by atoms with E-state index in [0.29, 0.717) is 0 Å². The summed E-state index contributed by atoms with van der Waals surface area (Å²) in [6, 6.07) is -0.231. The maximum Gasteiger partial charge on any atom is 0.118 e. The Hall–Kier alpha value is -1.51. The van der Waals surface area contributed by atoms with Crippen molar-refractivity contribution in [2.75, 3.05) is 0 Å². The number of hydrogen-bond acceptors (Lipinski definition) is 3. The summed E-state index contributed by atoms with van der Waals surface area (Å²) in [5, 5.41) is 3.13. The van der Waals surface area contributed by atoms with Crippen LogP contribution in [0.25, 0.3) is 0 Å². The summed E-state index contributed by atoms with van der Waals surface area (Å²) in [7, 11) is 0. The molecule has 2 aliphatic carbocycles.